The Labute approximate surface area is 159 Å². The molecule has 0 saturated carbocycles. The van der Waals surface area contributed by atoms with Gasteiger partial charge in [-0.15, -0.1) is 0 Å². The van der Waals surface area contributed by atoms with Crippen LogP contribution in [-0.2, 0) is 0 Å². The first-order valence-corrected chi connectivity index (χ1v) is 8.62. The highest BCUT2D eigenvalue weighted by Gasteiger charge is 2.10. The standard InChI is InChI=1S/C17H17N5O2.C3H8/c1-4-13(11-18-5-2)15-8-9-19-17(20-15)21-16-10-14(22(23)24)7-6-12(16)3;1-3-2/h4-11H,2H2,1,3H3,(H,19,20,21);3H2,1-2H3/b13-4+,18-11?;. The van der Waals surface area contributed by atoms with E-state index in [9.17, 15) is 10.1 Å². The zero-order chi connectivity index (χ0) is 20.2. The molecule has 0 amide bonds. The summed E-state index contributed by atoms with van der Waals surface area (Å²) in [5, 5.41) is 13.9. The van der Waals surface area contributed by atoms with Gasteiger partial charge in [-0.25, -0.2) is 9.97 Å². The van der Waals surface area contributed by atoms with Crippen LogP contribution in [-0.4, -0.2) is 21.1 Å². The maximum absolute atomic E-state index is 10.9. The number of anilines is 2. The number of nitrogens with one attached hydrogen (secondary N) is 1. The number of hydrogen-bond donors (Lipinski definition) is 1. The minimum absolute atomic E-state index is 0.00603. The highest BCUT2D eigenvalue weighted by atomic mass is 16.6. The van der Waals surface area contributed by atoms with E-state index in [1.165, 1.54) is 24.8 Å². The Morgan fingerprint density at radius 1 is 1.37 bits per heavy atom. The van der Waals surface area contributed by atoms with Crippen LogP contribution in [0.3, 0.4) is 0 Å². The highest BCUT2D eigenvalue weighted by Crippen LogP contribution is 2.24. The summed E-state index contributed by atoms with van der Waals surface area (Å²) in [4.78, 5) is 23.1. The average molecular weight is 367 g/mol. The van der Waals surface area contributed by atoms with Gasteiger partial charge in [0.05, 0.1) is 16.3 Å². The Bertz CT molecular complexity index is 844. The van der Waals surface area contributed by atoms with E-state index < -0.39 is 4.92 Å². The summed E-state index contributed by atoms with van der Waals surface area (Å²) in [6.45, 7) is 11.5. The van der Waals surface area contributed by atoms with Gasteiger partial charge >= 0.3 is 0 Å². The molecule has 1 aromatic heterocycles. The zero-order valence-electron chi connectivity index (χ0n) is 16.1. The fraction of sp³-hybridized carbons (Fsp3) is 0.250. The second-order valence-corrected chi connectivity index (χ2v) is 5.56. The Hall–Kier alpha value is -3.35. The van der Waals surface area contributed by atoms with Crippen molar-refractivity contribution in [3.05, 3.63) is 70.7 Å². The number of allylic oxidation sites excluding steroid dienone is 2. The zero-order valence-corrected chi connectivity index (χ0v) is 16.1. The van der Waals surface area contributed by atoms with Gasteiger partial charge in [0.2, 0.25) is 5.95 Å². The topological polar surface area (TPSA) is 93.3 Å². The maximum Gasteiger partial charge on any atom is 0.271 e. The molecule has 0 aliphatic rings. The molecule has 1 aromatic carbocycles. The van der Waals surface area contributed by atoms with Crippen LogP contribution in [0.15, 0.2) is 54.3 Å². The molecule has 0 aliphatic carbocycles. The predicted octanol–water partition coefficient (Wildman–Crippen LogP) is 5.47. The minimum atomic E-state index is -0.439. The minimum Gasteiger partial charge on any atom is -0.324 e. The van der Waals surface area contributed by atoms with E-state index in [0.717, 1.165) is 11.1 Å². The Kier molecular flexibility index (Phi) is 9.08. The summed E-state index contributed by atoms with van der Waals surface area (Å²) in [5.74, 6) is 0.349. The third-order valence-electron chi connectivity index (χ3n) is 3.26. The van der Waals surface area contributed by atoms with Crippen LogP contribution in [0.1, 0.15) is 38.4 Å². The summed E-state index contributed by atoms with van der Waals surface area (Å²) >= 11 is 0. The lowest BCUT2D eigenvalue weighted by atomic mass is 10.2. The van der Waals surface area contributed by atoms with Gasteiger partial charge in [-0.2, -0.15) is 0 Å². The number of rotatable bonds is 6. The normalized spacial score (nSPS) is 10.9. The van der Waals surface area contributed by atoms with E-state index >= 15 is 0 Å². The molecule has 7 heteroatoms. The van der Waals surface area contributed by atoms with Gasteiger partial charge in [0, 0.05) is 36.3 Å². The summed E-state index contributed by atoms with van der Waals surface area (Å²) in [6.07, 6.45) is 7.83. The first kappa shape index (κ1) is 21.7. The lowest BCUT2D eigenvalue weighted by Gasteiger charge is -2.09. The number of nitrogens with zero attached hydrogens (tertiary/aromatic N) is 4. The summed E-state index contributed by atoms with van der Waals surface area (Å²) < 4.78 is 0. The lowest BCUT2D eigenvalue weighted by molar-refractivity contribution is -0.384. The van der Waals surface area contributed by atoms with Crippen LogP contribution < -0.4 is 5.32 Å². The number of aliphatic imine (C=N–C) groups is 1. The third kappa shape index (κ3) is 6.81. The van der Waals surface area contributed by atoms with Crippen LogP contribution >= 0.6 is 0 Å². The van der Waals surface area contributed by atoms with Gasteiger partial charge in [-0.1, -0.05) is 39.0 Å². The molecule has 2 rings (SSSR count). The number of nitro benzene ring substituents is 1. The predicted molar refractivity (Wildman–Crippen MR) is 111 cm³/mol. The van der Waals surface area contributed by atoms with Gasteiger partial charge in [0.1, 0.15) is 0 Å². The summed E-state index contributed by atoms with van der Waals surface area (Å²) in [7, 11) is 0. The van der Waals surface area contributed by atoms with Crippen LogP contribution in [0, 0.1) is 17.0 Å². The molecule has 7 nitrogen and oxygen atoms in total. The quantitative estimate of drug-likeness (QED) is 0.415. The molecule has 0 bridgehead atoms. The average Bonchev–Trinajstić information content (AvgIpc) is 2.65. The van der Waals surface area contributed by atoms with Crippen LogP contribution in [0.2, 0.25) is 0 Å². The first-order valence-electron chi connectivity index (χ1n) is 8.62. The Balaban J connectivity index is 0.00000114. The summed E-state index contributed by atoms with van der Waals surface area (Å²) in [5.41, 5.74) is 2.95. The molecule has 0 aliphatic heterocycles. The second-order valence-electron chi connectivity index (χ2n) is 5.56. The molecule has 0 saturated heterocycles. The molecule has 0 atom stereocenters. The van der Waals surface area contributed by atoms with E-state index in [2.05, 4.69) is 40.7 Å². The molecule has 2 aromatic rings. The fourth-order valence-corrected chi connectivity index (χ4v) is 1.98. The maximum atomic E-state index is 10.9. The monoisotopic (exact) mass is 367 g/mol. The van der Waals surface area contributed by atoms with Crippen molar-refractivity contribution in [2.24, 2.45) is 4.99 Å². The molecular weight excluding hydrogens is 342 g/mol. The fourth-order valence-electron chi connectivity index (χ4n) is 1.98. The number of non-ortho nitro benzene ring substituents is 1. The Morgan fingerprint density at radius 3 is 2.67 bits per heavy atom. The molecule has 0 spiro atoms. The van der Waals surface area contributed by atoms with Gasteiger partial charge in [-0.05, 0) is 25.5 Å². The van der Waals surface area contributed by atoms with Crippen molar-refractivity contribution < 1.29 is 4.92 Å². The molecule has 142 valence electrons. The van der Waals surface area contributed by atoms with E-state index in [1.807, 2.05) is 19.9 Å². The highest BCUT2D eigenvalue weighted by molar-refractivity contribution is 6.09. The van der Waals surface area contributed by atoms with Crippen molar-refractivity contribution in [2.45, 2.75) is 34.1 Å². The van der Waals surface area contributed by atoms with Crippen molar-refractivity contribution in [2.75, 3.05) is 5.32 Å². The van der Waals surface area contributed by atoms with Gasteiger partial charge in [0.15, 0.2) is 0 Å². The molecular formula is C20H25N5O2. The van der Waals surface area contributed by atoms with E-state index in [4.69, 9.17) is 0 Å². The van der Waals surface area contributed by atoms with Gasteiger partial charge in [-0.3, -0.25) is 15.1 Å². The Morgan fingerprint density at radius 2 is 2.07 bits per heavy atom. The molecule has 0 unspecified atom stereocenters. The van der Waals surface area contributed by atoms with Gasteiger partial charge < -0.3 is 5.32 Å². The van der Waals surface area contributed by atoms with Crippen molar-refractivity contribution in [1.82, 2.24) is 9.97 Å². The molecule has 1 heterocycles. The summed E-state index contributed by atoms with van der Waals surface area (Å²) in [6, 6.07) is 6.36. The molecule has 27 heavy (non-hydrogen) atoms. The molecule has 0 fully saturated rings. The van der Waals surface area contributed by atoms with E-state index in [0.29, 0.717) is 17.3 Å². The number of aromatic nitrogens is 2. The first-order chi connectivity index (χ1) is 13.0. The SMILES string of the molecule is C=CN=C/C(=C\C)c1ccnc(Nc2cc([N+](=O)[O-])ccc2C)n1.CCC. The van der Waals surface area contributed by atoms with Crippen molar-refractivity contribution >= 4 is 29.1 Å². The smallest absolute Gasteiger partial charge is 0.271 e. The van der Waals surface area contributed by atoms with Gasteiger partial charge in [0.25, 0.3) is 5.69 Å². The van der Waals surface area contributed by atoms with Crippen LogP contribution in [0.5, 0.6) is 0 Å². The van der Waals surface area contributed by atoms with Crippen molar-refractivity contribution in [3.63, 3.8) is 0 Å². The second kappa shape index (κ2) is 11.3. The number of hydrogen-bond acceptors (Lipinski definition) is 6. The molecule has 1 N–H and O–H groups in total. The molecule has 0 radical (unpaired) electrons. The van der Waals surface area contributed by atoms with Crippen LogP contribution in [0.4, 0.5) is 17.3 Å². The van der Waals surface area contributed by atoms with E-state index in [-0.39, 0.29) is 5.69 Å². The number of nitro groups is 1. The van der Waals surface area contributed by atoms with Crippen LogP contribution in [0.25, 0.3) is 5.57 Å². The lowest BCUT2D eigenvalue weighted by Crippen LogP contribution is -2.02. The van der Waals surface area contributed by atoms with Crippen molar-refractivity contribution in [1.29, 1.82) is 0 Å². The number of benzene rings is 1. The number of aryl methyl sites for hydroxylation is 1. The van der Waals surface area contributed by atoms with Crippen molar-refractivity contribution in [3.8, 4) is 0 Å². The third-order valence-corrected chi connectivity index (χ3v) is 3.26. The van der Waals surface area contributed by atoms with E-state index in [1.54, 1.807) is 24.5 Å². The largest absolute Gasteiger partial charge is 0.324 e.